The fourth-order valence-electron chi connectivity index (χ4n) is 2.00. The van der Waals surface area contributed by atoms with E-state index in [0.29, 0.717) is 22.4 Å². The molecule has 0 spiro atoms. The van der Waals surface area contributed by atoms with Crippen molar-refractivity contribution in [2.45, 2.75) is 13.0 Å². The molecule has 0 bridgehead atoms. The lowest BCUT2D eigenvalue weighted by Crippen LogP contribution is -2.14. The summed E-state index contributed by atoms with van der Waals surface area (Å²) >= 11 is 0. The van der Waals surface area contributed by atoms with Gasteiger partial charge in [0.25, 0.3) is 0 Å². The van der Waals surface area contributed by atoms with Gasteiger partial charge in [-0.3, -0.25) is 9.59 Å². The number of carbonyl (C=O) groups excluding carboxylic acids is 1. The number of carboxylic acids is 1. The number of nitrogens with two attached hydrogens (primary N) is 1. The molecule has 0 fully saturated rings. The molecule has 2 aromatic rings. The van der Waals surface area contributed by atoms with Crippen LogP contribution in [-0.4, -0.2) is 17.0 Å². The van der Waals surface area contributed by atoms with Crippen LogP contribution in [0.1, 0.15) is 21.5 Å². The molecule has 108 valence electrons. The van der Waals surface area contributed by atoms with Gasteiger partial charge in [-0.2, -0.15) is 0 Å². The smallest absolute Gasteiger partial charge is 0.307 e. The van der Waals surface area contributed by atoms with E-state index < -0.39 is 11.9 Å². The number of hydrogen-bond donors (Lipinski definition) is 2. The Kier molecular flexibility index (Phi) is 4.56. The van der Waals surface area contributed by atoms with E-state index in [0.717, 1.165) is 0 Å². The molecule has 0 unspecified atom stereocenters. The van der Waals surface area contributed by atoms with Crippen molar-refractivity contribution in [2.24, 2.45) is 5.73 Å². The summed E-state index contributed by atoms with van der Waals surface area (Å²) in [6.45, 7) is 0.149. The molecule has 5 nitrogen and oxygen atoms in total. The van der Waals surface area contributed by atoms with Crippen LogP contribution < -0.4 is 10.5 Å². The topological polar surface area (TPSA) is 89.6 Å². The molecular weight excluding hydrogens is 270 g/mol. The Hall–Kier alpha value is -2.82. The number of hydrogen-bond acceptors (Lipinski definition) is 3. The summed E-state index contributed by atoms with van der Waals surface area (Å²) in [6.07, 6.45) is -0.117. The van der Waals surface area contributed by atoms with Crippen molar-refractivity contribution in [3.05, 3.63) is 65.2 Å². The fraction of sp³-hybridized carbons (Fsp3) is 0.125. The quantitative estimate of drug-likeness (QED) is 0.849. The Balaban J connectivity index is 2.17. The minimum absolute atomic E-state index is 0.117. The largest absolute Gasteiger partial charge is 0.489 e. The molecule has 0 radical (unpaired) electrons. The summed E-state index contributed by atoms with van der Waals surface area (Å²) in [5.41, 5.74) is 6.95. The molecule has 0 aromatic heterocycles. The van der Waals surface area contributed by atoms with Crippen molar-refractivity contribution in [1.82, 2.24) is 0 Å². The van der Waals surface area contributed by atoms with E-state index in [4.69, 9.17) is 15.6 Å². The van der Waals surface area contributed by atoms with Crippen molar-refractivity contribution >= 4 is 11.9 Å². The van der Waals surface area contributed by atoms with Crippen LogP contribution in [0.15, 0.2) is 48.5 Å². The first-order valence-electron chi connectivity index (χ1n) is 6.38. The lowest BCUT2D eigenvalue weighted by molar-refractivity contribution is -0.136. The lowest BCUT2D eigenvalue weighted by atomic mass is 10.1. The second-order valence-corrected chi connectivity index (χ2v) is 4.49. The predicted octanol–water partition coefficient (Wildman–Crippen LogP) is 1.99. The third-order valence-electron chi connectivity index (χ3n) is 2.98. The maximum atomic E-state index is 11.3. The molecule has 2 rings (SSSR count). The molecule has 0 saturated carbocycles. The van der Waals surface area contributed by atoms with E-state index in [1.807, 2.05) is 0 Å². The van der Waals surface area contributed by atoms with Gasteiger partial charge in [-0.05, 0) is 12.1 Å². The van der Waals surface area contributed by atoms with Crippen LogP contribution in [0.4, 0.5) is 0 Å². The average Bonchev–Trinajstić information content (AvgIpc) is 2.46. The molecule has 0 atom stereocenters. The summed E-state index contributed by atoms with van der Waals surface area (Å²) in [7, 11) is 0. The van der Waals surface area contributed by atoms with Gasteiger partial charge in [-0.15, -0.1) is 0 Å². The highest BCUT2D eigenvalue weighted by molar-refractivity contribution is 5.94. The SMILES string of the molecule is NC(=O)c1ccccc1COc1ccccc1CC(=O)O. The van der Waals surface area contributed by atoms with E-state index in [1.54, 1.807) is 48.5 Å². The number of rotatable bonds is 6. The molecule has 21 heavy (non-hydrogen) atoms. The molecule has 2 aromatic carbocycles. The van der Waals surface area contributed by atoms with Gasteiger partial charge >= 0.3 is 5.97 Å². The van der Waals surface area contributed by atoms with Crippen molar-refractivity contribution in [2.75, 3.05) is 0 Å². The number of aliphatic carboxylic acids is 1. The van der Waals surface area contributed by atoms with Gasteiger partial charge in [0.05, 0.1) is 6.42 Å². The minimum Gasteiger partial charge on any atom is -0.489 e. The first-order chi connectivity index (χ1) is 10.1. The second-order valence-electron chi connectivity index (χ2n) is 4.49. The summed E-state index contributed by atoms with van der Waals surface area (Å²) < 4.78 is 5.64. The van der Waals surface area contributed by atoms with Crippen LogP contribution in [0.25, 0.3) is 0 Å². The Bertz CT molecular complexity index is 667. The fourth-order valence-corrected chi connectivity index (χ4v) is 2.00. The normalized spacial score (nSPS) is 10.1. The third kappa shape index (κ3) is 3.82. The summed E-state index contributed by atoms with van der Waals surface area (Å²) in [6, 6.07) is 13.8. The van der Waals surface area contributed by atoms with Crippen LogP contribution in [-0.2, 0) is 17.8 Å². The van der Waals surface area contributed by atoms with Gasteiger partial charge in [0.2, 0.25) is 5.91 Å². The number of amides is 1. The zero-order valence-corrected chi connectivity index (χ0v) is 11.3. The van der Waals surface area contributed by atoms with Gasteiger partial charge in [-0.1, -0.05) is 36.4 Å². The van der Waals surface area contributed by atoms with Crippen LogP contribution >= 0.6 is 0 Å². The first-order valence-corrected chi connectivity index (χ1v) is 6.38. The van der Waals surface area contributed by atoms with Crippen molar-refractivity contribution in [3.8, 4) is 5.75 Å². The third-order valence-corrected chi connectivity index (χ3v) is 2.98. The molecule has 0 aliphatic rings. The highest BCUT2D eigenvalue weighted by atomic mass is 16.5. The van der Waals surface area contributed by atoms with Gasteiger partial charge in [0.15, 0.2) is 0 Å². The van der Waals surface area contributed by atoms with Gasteiger partial charge in [0.1, 0.15) is 12.4 Å². The molecule has 0 saturated heterocycles. The maximum Gasteiger partial charge on any atom is 0.307 e. The van der Waals surface area contributed by atoms with Crippen LogP contribution in [0.3, 0.4) is 0 Å². The highest BCUT2D eigenvalue weighted by Crippen LogP contribution is 2.20. The molecular formula is C16H15NO4. The standard InChI is InChI=1S/C16H15NO4/c17-16(20)13-7-3-1-6-12(13)10-21-14-8-4-2-5-11(14)9-15(18)19/h1-8H,9-10H2,(H2,17,20)(H,18,19). The zero-order chi connectivity index (χ0) is 15.2. The van der Waals surface area contributed by atoms with Crippen LogP contribution in [0.2, 0.25) is 0 Å². The first kappa shape index (κ1) is 14.6. The minimum atomic E-state index is -0.927. The molecule has 5 heteroatoms. The zero-order valence-electron chi connectivity index (χ0n) is 11.3. The molecule has 0 aliphatic heterocycles. The monoisotopic (exact) mass is 285 g/mol. The van der Waals surface area contributed by atoms with E-state index in [1.165, 1.54) is 0 Å². The van der Waals surface area contributed by atoms with Crippen molar-refractivity contribution in [3.63, 3.8) is 0 Å². The maximum absolute atomic E-state index is 11.3. The van der Waals surface area contributed by atoms with Crippen molar-refractivity contribution in [1.29, 1.82) is 0 Å². The van der Waals surface area contributed by atoms with Gasteiger partial charge in [-0.25, -0.2) is 0 Å². The summed E-state index contributed by atoms with van der Waals surface area (Å²) in [4.78, 5) is 22.2. The molecule has 0 heterocycles. The number of primary amides is 1. The Morgan fingerprint density at radius 2 is 1.62 bits per heavy atom. The van der Waals surface area contributed by atoms with Gasteiger partial charge in [0, 0.05) is 16.7 Å². The summed E-state index contributed by atoms with van der Waals surface area (Å²) in [5.74, 6) is -0.962. The van der Waals surface area contributed by atoms with Gasteiger partial charge < -0.3 is 15.6 Å². The van der Waals surface area contributed by atoms with Crippen molar-refractivity contribution < 1.29 is 19.4 Å². The molecule has 1 amide bonds. The number of carbonyl (C=O) groups is 2. The second kappa shape index (κ2) is 6.56. The Morgan fingerprint density at radius 3 is 2.29 bits per heavy atom. The Labute approximate surface area is 122 Å². The number of para-hydroxylation sites is 1. The number of benzene rings is 2. The van der Waals surface area contributed by atoms with E-state index in [9.17, 15) is 9.59 Å². The van der Waals surface area contributed by atoms with E-state index in [-0.39, 0.29) is 13.0 Å². The van der Waals surface area contributed by atoms with E-state index >= 15 is 0 Å². The molecule has 3 N–H and O–H groups in total. The summed E-state index contributed by atoms with van der Waals surface area (Å²) in [5, 5.41) is 8.88. The van der Waals surface area contributed by atoms with Crippen LogP contribution in [0.5, 0.6) is 5.75 Å². The predicted molar refractivity (Wildman–Crippen MR) is 77.1 cm³/mol. The number of ether oxygens (including phenoxy) is 1. The van der Waals surface area contributed by atoms with Crippen LogP contribution in [0, 0.1) is 0 Å². The van der Waals surface area contributed by atoms with E-state index in [2.05, 4.69) is 0 Å². The lowest BCUT2D eigenvalue weighted by Gasteiger charge is -2.12. The Morgan fingerprint density at radius 1 is 1.00 bits per heavy atom. The number of carboxylic acid groups (broad SMARTS) is 1. The average molecular weight is 285 g/mol. The molecule has 0 aliphatic carbocycles. The highest BCUT2D eigenvalue weighted by Gasteiger charge is 2.10.